The van der Waals surface area contributed by atoms with Crippen molar-refractivity contribution in [3.05, 3.63) is 33.2 Å². The predicted octanol–water partition coefficient (Wildman–Crippen LogP) is 4.90. The van der Waals surface area contributed by atoms with E-state index in [1.54, 1.807) is 0 Å². The molecule has 0 unspecified atom stereocenters. The molecule has 4 rings (SSSR count). The fourth-order valence-electron chi connectivity index (χ4n) is 6.51. The van der Waals surface area contributed by atoms with Gasteiger partial charge in [-0.05, 0) is 73.8 Å². The van der Waals surface area contributed by atoms with Gasteiger partial charge in [0, 0.05) is 21.8 Å². The average Bonchev–Trinajstić information content (AvgIpc) is 2.63. The Hall–Kier alpha value is -1.29. The summed E-state index contributed by atoms with van der Waals surface area (Å²) in [7, 11) is 0. The van der Waals surface area contributed by atoms with Crippen LogP contribution in [0.15, 0.2) is 27.9 Å². The molecule has 0 aromatic carbocycles. The zero-order chi connectivity index (χ0) is 18.5. The minimum Gasteiger partial charge on any atom is -0.384 e. The molecule has 5 nitrogen and oxygen atoms in total. The summed E-state index contributed by atoms with van der Waals surface area (Å²) < 4.78 is 0. The lowest BCUT2D eigenvalue weighted by Crippen LogP contribution is -2.60. The molecule has 4 aliphatic carbocycles. The van der Waals surface area contributed by atoms with Crippen LogP contribution in [-0.4, -0.2) is 23.0 Å². The SMILES string of the molecule is C[C@]12CC[C@H]3[C@@H](CCC4=CC(=O)CC[C@@H]43)[C@@H]1CC=C(Cl)[C@@]2(O)CN=[N+]=[N-]. The van der Waals surface area contributed by atoms with Crippen molar-refractivity contribution >= 4 is 17.4 Å². The second-order valence-corrected chi connectivity index (χ2v) is 9.20. The van der Waals surface area contributed by atoms with Crippen molar-refractivity contribution in [3.8, 4) is 0 Å². The molecule has 0 aliphatic heterocycles. The molecule has 26 heavy (non-hydrogen) atoms. The number of nitrogens with zero attached hydrogens (tertiary/aromatic N) is 3. The molecule has 0 saturated heterocycles. The van der Waals surface area contributed by atoms with Gasteiger partial charge < -0.3 is 5.11 Å². The van der Waals surface area contributed by atoms with Gasteiger partial charge in [-0.25, -0.2) is 0 Å². The van der Waals surface area contributed by atoms with Crippen molar-refractivity contribution in [1.29, 1.82) is 0 Å². The number of halogens is 1. The van der Waals surface area contributed by atoms with Gasteiger partial charge in [0.15, 0.2) is 5.78 Å². The zero-order valence-corrected chi connectivity index (χ0v) is 16.0. The van der Waals surface area contributed by atoms with Gasteiger partial charge in [0.05, 0.1) is 6.54 Å². The minimum absolute atomic E-state index is 0.00764. The Bertz CT molecular complexity index is 741. The number of carbonyl (C=O) groups is 1. The van der Waals surface area contributed by atoms with E-state index < -0.39 is 5.60 Å². The number of fused-ring (bicyclic) bond motifs is 5. The van der Waals surface area contributed by atoms with Crippen LogP contribution in [0.3, 0.4) is 0 Å². The van der Waals surface area contributed by atoms with Crippen molar-refractivity contribution < 1.29 is 9.90 Å². The van der Waals surface area contributed by atoms with E-state index in [2.05, 4.69) is 16.9 Å². The lowest BCUT2D eigenvalue weighted by molar-refractivity contribution is -0.137. The molecular formula is C20H26ClN3O2. The normalized spacial score (nSPS) is 44.7. The third-order valence-corrected chi connectivity index (χ3v) is 8.41. The van der Waals surface area contributed by atoms with Crippen LogP contribution in [-0.2, 0) is 4.79 Å². The lowest BCUT2D eigenvalue weighted by atomic mass is 9.46. The summed E-state index contributed by atoms with van der Waals surface area (Å²) in [5.74, 6) is 2.27. The third-order valence-electron chi connectivity index (χ3n) is 7.94. The molecule has 0 heterocycles. The van der Waals surface area contributed by atoms with E-state index in [1.165, 1.54) is 5.57 Å². The van der Waals surface area contributed by atoms with Crippen LogP contribution in [0.25, 0.3) is 10.4 Å². The first-order valence-electron chi connectivity index (χ1n) is 9.73. The van der Waals surface area contributed by atoms with Crippen molar-refractivity contribution in [2.45, 2.75) is 57.5 Å². The van der Waals surface area contributed by atoms with E-state index in [0.717, 1.165) is 38.5 Å². The fourth-order valence-corrected chi connectivity index (χ4v) is 6.88. The maximum atomic E-state index is 11.8. The van der Waals surface area contributed by atoms with Crippen LogP contribution in [0.2, 0.25) is 0 Å². The highest BCUT2D eigenvalue weighted by Gasteiger charge is 2.60. The molecule has 0 spiro atoms. The molecule has 140 valence electrons. The predicted molar refractivity (Wildman–Crippen MR) is 100 cm³/mol. The zero-order valence-electron chi connectivity index (χ0n) is 15.2. The van der Waals surface area contributed by atoms with Gasteiger partial charge in [-0.15, -0.1) is 0 Å². The van der Waals surface area contributed by atoms with E-state index in [0.29, 0.717) is 35.1 Å². The fraction of sp³-hybridized carbons (Fsp3) is 0.750. The first-order chi connectivity index (χ1) is 12.4. The summed E-state index contributed by atoms with van der Waals surface area (Å²) in [5.41, 5.74) is 8.48. The van der Waals surface area contributed by atoms with E-state index in [4.69, 9.17) is 17.1 Å². The highest BCUT2D eigenvalue weighted by Crippen LogP contribution is 2.63. The van der Waals surface area contributed by atoms with Crippen molar-refractivity contribution in [2.75, 3.05) is 6.54 Å². The number of azide groups is 1. The number of allylic oxidation sites excluding steroid dienone is 3. The second-order valence-electron chi connectivity index (χ2n) is 8.80. The molecule has 1 N–H and O–H groups in total. The lowest BCUT2D eigenvalue weighted by Gasteiger charge is -2.61. The molecule has 4 aliphatic rings. The Kier molecular flexibility index (Phi) is 4.45. The minimum atomic E-state index is -1.27. The summed E-state index contributed by atoms with van der Waals surface area (Å²) in [4.78, 5) is 14.7. The van der Waals surface area contributed by atoms with E-state index >= 15 is 0 Å². The molecule has 0 bridgehead atoms. The molecule has 2 fully saturated rings. The number of rotatable bonds is 2. The maximum Gasteiger partial charge on any atom is 0.155 e. The summed E-state index contributed by atoms with van der Waals surface area (Å²) in [6, 6.07) is 0. The monoisotopic (exact) mass is 375 g/mol. The smallest absolute Gasteiger partial charge is 0.155 e. The van der Waals surface area contributed by atoms with Crippen molar-refractivity contribution in [2.24, 2.45) is 34.2 Å². The van der Waals surface area contributed by atoms with Gasteiger partial charge in [-0.1, -0.05) is 35.3 Å². The second kappa shape index (κ2) is 6.40. The van der Waals surface area contributed by atoms with E-state index in [-0.39, 0.29) is 17.7 Å². The van der Waals surface area contributed by atoms with Crippen LogP contribution in [0.5, 0.6) is 0 Å². The summed E-state index contributed by atoms with van der Waals surface area (Å²) in [6.45, 7) is 2.12. The molecule has 2 saturated carbocycles. The molecule has 6 heteroatoms. The first-order valence-corrected chi connectivity index (χ1v) is 10.1. The van der Waals surface area contributed by atoms with Crippen molar-refractivity contribution in [1.82, 2.24) is 0 Å². The van der Waals surface area contributed by atoms with Gasteiger partial charge in [0.2, 0.25) is 0 Å². The molecule has 0 amide bonds. The van der Waals surface area contributed by atoms with E-state index in [9.17, 15) is 9.90 Å². The summed E-state index contributed by atoms with van der Waals surface area (Å²) in [6.07, 6.45) is 10.4. The number of carbonyl (C=O) groups excluding carboxylic acids is 1. The highest BCUT2D eigenvalue weighted by molar-refractivity contribution is 6.30. The average molecular weight is 376 g/mol. The van der Waals surface area contributed by atoms with Gasteiger partial charge in [0.1, 0.15) is 5.60 Å². The van der Waals surface area contributed by atoms with Crippen molar-refractivity contribution in [3.63, 3.8) is 0 Å². The molecule has 0 aromatic rings. The van der Waals surface area contributed by atoms with Gasteiger partial charge in [-0.2, -0.15) is 0 Å². The Morgan fingerprint density at radius 2 is 2.15 bits per heavy atom. The van der Waals surface area contributed by atoms with E-state index in [1.807, 2.05) is 12.2 Å². The largest absolute Gasteiger partial charge is 0.384 e. The topological polar surface area (TPSA) is 86.1 Å². The van der Waals surface area contributed by atoms with Crippen LogP contribution in [0.1, 0.15) is 51.9 Å². The number of aliphatic hydroxyl groups is 1. The third kappa shape index (κ3) is 2.48. The Balaban J connectivity index is 1.68. The number of hydrogen-bond donors (Lipinski definition) is 1. The Morgan fingerprint density at radius 1 is 1.35 bits per heavy atom. The molecule has 0 radical (unpaired) electrons. The standard InChI is InChI=1S/C20H26ClN3O2/c1-19-9-8-15-14-5-3-13(25)10-12(14)2-4-16(15)17(19)6-7-18(21)20(19,26)11-23-24-22/h7,10,14-17,26H,2-6,8-9,11H2,1H3/t14-,15+,16+,17-,19-,20-/m0/s1. The van der Waals surface area contributed by atoms with Gasteiger partial charge >= 0.3 is 0 Å². The summed E-state index contributed by atoms with van der Waals surface area (Å²) >= 11 is 6.45. The van der Waals surface area contributed by atoms with Crippen LogP contribution >= 0.6 is 11.6 Å². The Labute approximate surface area is 159 Å². The van der Waals surface area contributed by atoms with Crippen LogP contribution in [0, 0.1) is 29.1 Å². The highest BCUT2D eigenvalue weighted by atomic mass is 35.5. The molecular weight excluding hydrogens is 350 g/mol. The number of ketones is 1. The maximum absolute atomic E-state index is 11.8. The first kappa shape index (κ1) is 18.1. The number of hydrogen-bond acceptors (Lipinski definition) is 3. The summed E-state index contributed by atoms with van der Waals surface area (Å²) in [5, 5.41) is 15.6. The molecule has 0 aromatic heterocycles. The Morgan fingerprint density at radius 3 is 2.92 bits per heavy atom. The van der Waals surface area contributed by atoms with Gasteiger partial charge in [-0.3, -0.25) is 4.79 Å². The molecule has 6 atom stereocenters. The van der Waals surface area contributed by atoms with Crippen LogP contribution in [0.4, 0.5) is 0 Å². The van der Waals surface area contributed by atoms with Crippen LogP contribution < -0.4 is 0 Å². The quantitative estimate of drug-likeness (QED) is 0.422. The van der Waals surface area contributed by atoms with Gasteiger partial charge in [0.25, 0.3) is 0 Å².